The van der Waals surface area contributed by atoms with Gasteiger partial charge in [0.25, 0.3) is 11.8 Å². The van der Waals surface area contributed by atoms with Crippen molar-refractivity contribution < 1.29 is 19.2 Å². The molecule has 2 aromatic carbocycles. The summed E-state index contributed by atoms with van der Waals surface area (Å²) in [5.41, 5.74) is 2.00. The van der Waals surface area contributed by atoms with Crippen LogP contribution in [0.15, 0.2) is 79.4 Å². The number of halogens is 2. The van der Waals surface area contributed by atoms with Crippen molar-refractivity contribution in [1.82, 2.24) is 20.0 Å². The summed E-state index contributed by atoms with van der Waals surface area (Å²) < 4.78 is 6.00. The fraction of sp³-hybridized carbons (Fsp3) is 0.214. The first-order valence-corrected chi connectivity index (χ1v) is 13.1. The number of hydrogen-bond donors (Lipinski definition) is 1. The van der Waals surface area contributed by atoms with Crippen LogP contribution in [-0.2, 0) is 22.6 Å². The molecular formula is C28H25Cl2N5O4. The summed E-state index contributed by atoms with van der Waals surface area (Å²) in [6, 6.07) is 16.2. The van der Waals surface area contributed by atoms with Crippen LogP contribution >= 0.6 is 23.2 Å². The van der Waals surface area contributed by atoms with Crippen LogP contribution in [0.1, 0.15) is 28.0 Å². The number of hydrogen-bond acceptors (Lipinski definition) is 6. The van der Waals surface area contributed by atoms with Gasteiger partial charge in [-0.3, -0.25) is 19.5 Å². The van der Waals surface area contributed by atoms with Gasteiger partial charge in [-0.15, -0.1) is 0 Å². The minimum absolute atomic E-state index is 0.151. The standard InChI is InChI=1S/C28H25Cl2N5O4/c29-21-10-11-25(22(30)14-21)39-35(27(36)20-8-4-12-31-15-20)24(17-38-16-19-6-2-1-3-7-19)28(37)34-13-5-9-23-26(34)33-18-32-23/h1-4,6-8,10-12,14-15,18,24H,5,9,13,16-17H2,(H,32,33)/t24-/m1/s1. The van der Waals surface area contributed by atoms with Crippen LogP contribution in [0.25, 0.3) is 0 Å². The molecule has 0 aliphatic carbocycles. The first-order valence-electron chi connectivity index (χ1n) is 12.3. The Balaban J connectivity index is 1.51. The van der Waals surface area contributed by atoms with Gasteiger partial charge in [-0.2, -0.15) is 5.06 Å². The Morgan fingerprint density at radius 2 is 1.95 bits per heavy atom. The second kappa shape index (κ2) is 12.3. The Hall–Kier alpha value is -3.92. The number of aryl methyl sites for hydroxylation is 1. The Bertz CT molecular complexity index is 1430. The maximum Gasteiger partial charge on any atom is 0.288 e. The van der Waals surface area contributed by atoms with E-state index in [2.05, 4.69) is 15.0 Å². The number of carbonyl (C=O) groups excluding carboxylic acids is 2. The van der Waals surface area contributed by atoms with Crippen LogP contribution in [0.4, 0.5) is 5.82 Å². The van der Waals surface area contributed by atoms with Crippen molar-refractivity contribution in [2.24, 2.45) is 0 Å². The molecule has 1 aliphatic heterocycles. The third-order valence-electron chi connectivity index (χ3n) is 6.18. The highest BCUT2D eigenvalue weighted by Crippen LogP contribution is 2.30. The van der Waals surface area contributed by atoms with E-state index in [1.807, 2.05) is 30.3 Å². The number of aromatic amines is 1. The number of amides is 2. The highest BCUT2D eigenvalue weighted by molar-refractivity contribution is 6.35. The summed E-state index contributed by atoms with van der Waals surface area (Å²) in [6.45, 7) is 0.512. The number of benzene rings is 2. The van der Waals surface area contributed by atoms with Gasteiger partial charge in [-0.1, -0.05) is 53.5 Å². The summed E-state index contributed by atoms with van der Waals surface area (Å²) >= 11 is 12.5. The van der Waals surface area contributed by atoms with Crippen molar-refractivity contribution >= 4 is 40.8 Å². The molecule has 11 heteroatoms. The van der Waals surface area contributed by atoms with E-state index < -0.39 is 17.9 Å². The molecule has 5 rings (SSSR count). The van der Waals surface area contributed by atoms with E-state index in [0.717, 1.165) is 29.2 Å². The summed E-state index contributed by atoms with van der Waals surface area (Å²) in [6.07, 6.45) is 6.01. The van der Waals surface area contributed by atoms with Crippen LogP contribution in [0.3, 0.4) is 0 Å². The van der Waals surface area contributed by atoms with Crippen molar-refractivity contribution in [2.45, 2.75) is 25.5 Å². The highest BCUT2D eigenvalue weighted by atomic mass is 35.5. The van der Waals surface area contributed by atoms with E-state index in [1.165, 1.54) is 18.3 Å². The Kier molecular flexibility index (Phi) is 8.41. The van der Waals surface area contributed by atoms with Gasteiger partial charge in [0.2, 0.25) is 0 Å². The Morgan fingerprint density at radius 3 is 2.72 bits per heavy atom. The van der Waals surface area contributed by atoms with Crippen molar-refractivity contribution in [3.05, 3.63) is 106 Å². The largest absolute Gasteiger partial charge is 0.374 e. The van der Waals surface area contributed by atoms with Gasteiger partial charge in [0.15, 0.2) is 17.6 Å². The lowest BCUT2D eigenvalue weighted by Gasteiger charge is -2.34. The number of fused-ring (bicyclic) bond motifs is 1. The van der Waals surface area contributed by atoms with Gasteiger partial charge in [0.05, 0.1) is 35.8 Å². The molecule has 2 amide bonds. The Morgan fingerprint density at radius 1 is 1.10 bits per heavy atom. The molecule has 200 valence electrons. The summed E-state index contributed by atoms with van der Waals surface area (Å²) in [5.74, 6) is -0.315. The molecule has 39 heavy (non-hydrogen) atoms. The van der Waals surface area contributed by atoms with Crippen LogP contribution < -0.4 is 9.74 Å². The first-order chi connectivity index (χ1) is 19.0. The minimum Gasteiger partial charge on any atom is -0.374 e. The highest BCUT2D eigenvalue weighted by Gasteiger charge is 2.39. The number of hydroxylamine groups is 2. The lowest BCUT2D eigenvalue weighted by Crippen LogP contribution is -2.55. The molecule has 1 aliphatic rings. The van der Waals surface area contributed by atoms with Crippen molar-refractivity contribution in [3.63, 3.8) is 0 Å². The van der Waals surface area contributed by atoms with Crippen LogP contribution in [-0.4, -0.2) is 51.0 Å². The predicted molar refractivity (Wildman–Crippen MR) is 147 cm³/mol. The fourth-order valence-electron chi connectivity index (χ4n) is 4.26. The number of H-pyrrole nitrogens is 1. The number of aromatic nitrogens is 3. The Labute approximate surface area is 235 Å². The molecule has 0 bridgehead atoms. The first kappa shape index (κ1) is 26.7. The fourth-order valence-corrected chi connectivity index (χ4v) is 4.71. The van der Waals surface area contributed by atoms with Crippen molar-refractivity contribution in [1.29, 1.82) is 0 Å². The quantitative estimate of drug-likeness (QED) is 0.283. The maximum absolute atomic E-state index is 14.2. The number of pyridine rings is 1. The second-order valence-electron chi connectivity index (χ2n) is 8.85. The average molecular weight is 566 g/mol. The number of imidazole rings is 1. The summed E-state index contributed by atoms with van der Waals surface area (Å²) in [7, 11) is 0. The molecule has 0 saturated heterocycles. The van der Waals surface area contributed by atoms with E-state index in [0.29, 0.717) is 17.4 Å². The molecule has 1 atom stereocenters. The molecular weight excluding hydrogens is 541 g/mol. The van der Waals surface area contributed by atoms with Gasteiger partial charge >= 0.3 is 0 Å². The summed E-state index contributed by atoms with van der Waals surface area (Å²) in [4.78, 5) is 47.1. The zero-order valence-electron chi connectivity index (χ0n) is 20.8. The van der Waals surface area contributed by atoms with E-state index in [-0.39, 0.29) is 29.5 Å². The van der Waals surface area contributed by atoms with Gasteiger partial charge in [0, 0.05) is 24.0 Å². The molecule has 9 nitrogen and oxygen atoms in total. The molecule has 4 aromatic rings. The smallest absolute Gasteiger partial charge is 0.288 e. The van der Waals surface area contributed by atoms with E-state index in [9.17, 15) is 9.59 Å². The van der Waals surface area contributed by atoms with E-state index >= 15 is 0 Å². The second-order valence-corrected chi connectivity index (χ2v) is 9.70. The number of carbonyl (C=O) groups is 2. The average Bonchev–Trinajstić information content (AvgIpc) is 3.45. The van der Waals surface area contributed by atoms with E-state index in [4.69, 9.17) is 32.8 Å². The van der Waals surface area contributed by atoms with Crippen molar-refractivity contribution in [3.8, 4) is 5.75 Å². The number of rotatable bonds is 9. The zero-order valence-corrected chi connectivity index (χ0v) is 22.3. The number of nitrogens with zero attached hydrogens (tertiary/aromatic N) is 4. The molecule has 0 unspecified atom stereocenters. The van der Waals surface area contributed by atoms with E-state index in [1.54, 1.807) is 35.6 Å². The van der Waals surface area contributed by atoms with Gasteiger partial charge < -0.3 is 14.6 Å². The number of anilines is 1. The van der Waals surface area contributed by atoms with Crippen molar-refractivity contribution in [2.75, 3.05) is 18.1 Å². The zero-order chi connectivity index (χ0) is 27.2. The van der Waals surface area contributed by atoms with Gasteiger partial charge in [-0.05, 0) is 48.7 Å². The lowest BCUT2D eigenvalue weighted by atomic mass is 10.1. The third-order valence-corrected chi connectivity index (χ3v) is 6.71. The monoisotopic (exact) mass is 565 g/mol. The van der Waals surface area contributed by atoms with Crippen LogP contribution in [0.2, 0.25) is 10.0 Å². The molecule has 0 spiro atoms. The lowest BCUT2D eigenvalue weighted by molar-refractivity contribution is -0.139. The molecule has 0 fully saturated rings. The SMILES string of the molecule is O=C([C@@H](COCc1ccccc1)N(Oc1ccc(Cl)cc1Cl)C(=O)c1cccnc1)N1CCCc2[nH]cnc21. The third kappa shape index (κ3) is 6.22. The number of nitrogens with one attached hydrogen (secondary N) is 1. The van der Waals surface area contributed by atoms with Gasteiger partial charge in [-0.25, -0.2) is 4.98 Å². The molecule has 1 N–H and O–H groups in total. The van der Waals surface area contributed by atoms with Crippen LogP contribution in [0, 0.1) is 0 Å². The molecule has 0 radical (unpaired) electrons. The molecule has 3 heterocycles. The minimum atomic E-state index is -1.18. The number of ether oxygens (including phenoxy) is 1. The normalized spacial score (nSPS) is 13.4. The summed E-state index contributed by atoms with van der Waals surface area (Å²) in [5, 5.41) is 1.58. The molecule has 0 saturated carbocycles. The predicted octanol–water partition coefficient (Wildman–Crippen LogP) is 5.11. The molecule has 2 aromatic heterocycles. The van der Waals surface area contributed by atoms with Gasteiger partial charge in [0.1, 0.15) is 0 Å². The van der Waals surface area contributed by atoms with Crippen LogP contribution in [0.5, 0.6) is 5.75 Å². The topological polar surface area (TPSA) is 101 Å². The maximum atomic E-state index is 14.2.